The molecule has 0 saturated heterocycles. The van der Waals surface area contributed by atoms with Crippen molar-refractivity contribution in [2.75, 3.05) is 19.3 Å². The maximum absolute atomic E-state index is 12.2. The fourth-order valence-corrected chi connectivity index (χ4v) is 2.40. The second-order valence-corrected chi connectivity index (χ2v) is 6.94. The van der Waals surface area contributed by atoms with Crippen LogP contribution in [0.15, 0.2) is 29.2 Å². The van der Waals surface area contributed by atoms with Crippen molar-refractivity contribution in [2.45, 2.75) is 18.2 Å². The lowest BCUT2D eigenvalue weighted by atomic mass is 10.2. The van der Waals surface area contributed by atoms with Gasteiger partial charge in [0.2, 0.25) is 0 Å². The van der Waals surface area contributed by atoms with E-state index in [1.54, 1.807) is 4.90 Å². The molecule has 1 aromatic carbocycles. The van der Waals surface area contributed by atoms with Crippen molar-refractivity contribution in [1.29, 1.82) is 0 Å². The van der Waals surface area contributed by atoms with Gasteiger partial charge in [-0.2, -0.15) is 0 Å². The number of hydrogen-bond acceptors (Lipinski definition) is 4. The zero-order valence-corrected chi connectivity index (χ0v) is 13.1. The van der Waals surface area contributed by atoms with Gasteiger partial charge in [0.25, 0.3) is 5.91 Å². The van der Waals surface area contributed by atoms with Crippen LogP contribution in [0.1, 0.15) is 23.7 Å². The van der Waals surface area contributed by atoms with Crippen LogP contribution in [0.4, 0.5) is 0 Å². The van der Waals surface area contributed by atoms with Gasteiger partial charge in [-0.15, -0.1) is 0 Å². The van der Waals surface area contributed by atoms with E-state index in [1.165, 1.54) is 24.3 Å². The first-order chi connectivity index (χ1) is 9.25. The third kappa shape index (κ3) is 4.57. The van der Waals surface area contributed by atoms with Crippen LogP contribution in [0.5, 0.6) is 0 Å². The Morgan fingerprint density at radius 2 is 1.85 bits per heavy atom. The molecule has 1 amide bonds. The van der Waals surface area contributed by atoms with Gasteiger partial charge in [-0.1, -0.05) is 12.2 Å². The van der Waals surface area contributed by atoms with Crippen LogP contribution in [-0.4, -0.2) is 43.6 Å². The second kappa shape index (κ2) is 6.81. The fourth-order valence-electron chi connectivity index (χ4n) is 1.68. The number of nitrogens with zero attached hydrogens (tertiary/aromatic N) is 1. The van der Waals surface area contributed by atoms with Gasteiger partial charge in [0, 0.05) is 31.3 Å². The van der Waals surface area contributed by atoms with Gasteiger partial charge in [-0.25, -0.2) is 8.42 Å². The second-order valence-electron chi connectivity index (χ2n) is 4.40. The molecule has 7 heteroatoms. The average molecular weight is 314 g/mol. The van der Waals surface area contributed by atoms with E-state index in [4.69, 9.17) is 18.0 Å². The molecule has 0 aliphatic rings. The first-order valence-corrected chi connectivity index (χ1v) is 8.43. The Morgan fingerprint density at radius 3 is 2.25 bits per heavy atom. The number of sulfone groups is 1. The minimum absolute atomic E-state index is 0.163. The normalized spacial score (nSPS) is 11.1. The highest BCUT2D eigenvalue weighted by molar-refractivity contribution is 7.90. The molecule has 1 aromatic rings. The highest BCUT2D eigenvalue weighted by Gasteiger charge is 2.15. The molecule has 0 saturated carbocycles. The maximum atomic E-state index is 12.2. The van der Waals surface area contributed by atoms with E-state index in [0.717, 1.165) is 6.26 Å². The Hall–Kier alpha value is -1.47. The summed E-state index contributed by atoms with van der Waals surface area (Å²) in [7, 11) is -3.25. The van der Waals surface area contributed by atoms with E-state index in [1.807, 2.05) is 6.92 Å². The molecule has 0 aliphatic heterocycles. The van der Waals surface area contributed by atoms with E-state index in [9.17, 15) is 13.2 Å². The predicted molar refractivity (Wildman–Crippen MR) is 82.5 cm³/mol. The number of amides is 1. The molecule has 20 heavy (non-hydrogen) atoms. The number of carbonyl (C=O) groups excluding carboxylic acids is 1. The zero-order chi connectivity index (χ0) is 15.3. The largest absolute Gasteiger partial charge is 0.393 e. The van der Waals surface area contributed by atoms with E-state index < -0.39 is 9.84 Å². The van der Waals surface area contributed by atoms with Crippen molar-refractivity contribution < 1.29 is 13.2 Å². The molecule has 0 radical (unpaired) electrons. The number of benzene rings is 1. The van der Waals surface area contributed by atoms with Gasteiger partial charge in [0.1, 0.15) is 0 Å². The van der Waals surface area contributed by atoms with Crippen LogP contribution in [-0.2, 0) is 9.84 Å². The summed E-state index contributed by atoms with van der Waals surface area (Å²) in [5.74, 6) is -0.163. The molecule has 0 aliphatic carbocycles. The number of rotatable bonds is 6. The number of nitrogens with two attached hydrogens (primary N) is 1. The Bertz CT molecular complexity index is 595. The third-order valence-corrected chi connectivity index (χ3v) is 4.16. The molecule has 2 N–H and O–H groups in total. The van der Waals surface area contributed by atoms with E-state index in [-0.39, 0.29) is 10.8 Å². The quantitative estimate of drug-likeness (QED) is 0.799. The van der Waals surface area contributed by atoms with Crippen LogP contribution in [0.3, 0.4) is 0 Å². The maximum Gasteiger partial charge on any atom is 0.253 e. The third-order valence-electron chi connectivity index (χ3n) is 2.83. The van der Waals surface area contributed by atoms with Gasteiger partial charge in [-0.3, -0.25) is 4.79 Å². The molecule has 0 fully saturated rings. The fraction of sp³-hybridized carbons (Fsp3) is 0.385. The SMILES string of the molecule is CCN(CCC(N)=S)C(=O)c1ccc(S(C)(=O)=O)cc1. The van der Waals surface area contributed by atoms with Crippen LogP contribution in [0.25, 0.3) is 0 Å². The van der Waals surface area contributed by atoms with Crippen LogP contribution in [0.2, 0.25) is 0 Å². The van der Waals surface area contributed by atoms with E-state index in [2.05, 4.69) is 0 Å². The number of carbonyl (C=O) groups is 1. The lowest BCUT2D eigenvalue weighted by molar-refractivity contribution is 0.0769. The Morgan fingerprint density at radius 1 is 1.30 bits per heavy atom. The topological polar surface area (TPSA) is 80.5 Å². The van der Waals surface area contributed by atoms with E-state index in [0.29, 0.717) is 30.1 Å². The smallest absolute Gasteiger partial charge is 0.253 e. The highest BCUT2D eigenvalue weighted by atomic mass is 32.2. The first-order valence-electron chi connectivity index (χ1n) is 6.13. The van der Waals surface area contributed by atoms with Crippen molar-refractivity contribution >= 4 is 33.0 Å². The van der Waals surface area contributed by atoms with Gasteiger partial charge in [0.15, 0.2) is 9.84 Å². The van der Waals surface area contributed by atoms with Crippen LogP contribution < -0.4 is 5.73 Å². The lowest BCUT2D eigenvalue weighted by Gasteiger charge is -2.20. The predicted octanol–water partition coefficient (Wildman–Crippen LogP) is 1.23. The molecular formula is C13H18N2O3S2. The summed E-state index contributed by atoms with van der Waals surface area (Å²) in [6, 6.07) is 5.90. The van der Waals surface area contributed by atoms with Crippen molar-refractivity contribution in [1.82, 2.24) is 4.90 Å². The summed E-state index contributed by atoms with van der Waals surface area (Å²) in [5, 5.41) is 0. The average Bonchev–Trinajstić information content (AvgIpc) is 2.38. The van der Waals surface area contributed by atoms with Gasteiger partial charge >= 0.3 is 0 Å². The van der Waals surface area contributed by atoms with Crippen LogP contribution in [0, 0.1) is 0 Å². The Balaban J connectivity index is 2.88. The first kappa shape index (κ1) is 16.6. The molecule has 1 rings (SSSR count). The minimum Gasteiger partial charge on any atom is -0.393 e. The molecule has 110 valence electrons. The number of thiocarbonyl (C=S) groups is 1. The minimum atomic E-state index is -3.25. The summed E-state index contributed by atoms with van der Waals surface area (Å²) >= 11 is 4.80. The number of hydrogen-bond donors (Lipinski definition) is 1. The van der Waals surface area contributed by atoms with Gasteiger partial charge < -0.3 is 10.6 Å². The Kier molecular flexibility index (Phi) is 5.64. The van der Waals surface area contributed by atoms with Crippen molar-refractivity contribution in [2.24, 2.45) is 5.73 Å². The summed E-state index contributed by atoms with van der Waals surface area (Å²) in [5.41, 5.74) is 5.88. The molecule has 0 aromatic heterocycles. The molecule has 0 unspecified atom stereocenters. The summed E-state index contributed by atoms with van der Waals surface area (Å²) < 4.78 is 22.7. The zero-order valence-electron chi connectivity index (χ0n) is 11.5. The van der Waals surface area contributed by atoms with Crippen molar-refractivity contribution in [3.8, 4) is 0 Å². The van der Waals surface area contributed by atoms with E-state index >= 15 is 0 Å². The molecule has 0 atom stereocenters. The molecular weight excluding hydrogens is 296 g/mol. The molecule has 0 bridgehead atoms. The molecule has 0 heterocycles. The summed E-state index contributed by atoms with van der Waals surface area (Å²) in [6.07, 6.45) is 1.60. The van der Waals surface area contributed by atoms with Crippen molar-refractivity contribution in [3.63, 3.8) is 0 Å². The molecule has 5 nitrogen and oxygen atoms in total. The molecule has 0 spiro atoms. The Labute approximate surface area is 124 Å². The van der Waals surface area contributed by atoms with Crippen LogP contribution >= 0.6 is 12.2 Å². The summed E-state index contributed by atoms with van der Waals surface area (Å²) in [6.45, 7) is 2.86. The summed E-state index contributed by atoms with van der Waals surface area (Å²) in [4.78, 5) is 14.4. The van der Waals surface area contributed by atoms with Crippen molar-refractivity contribution in [3.05, 3.63) is 29.8 Å². The standard InChI is InChI=1S/C13H18N2O3S2/c1-3-15(9-8-12(14)19)13(16)10-4-6-11(7-5-10)20(2,17)18/h4-7H,3,8-9H2,1-2H3,(H2,14,19). The van der Waals surface area contributed by atoms with Gasteiger partial charge in [-0.05, 0) is 31.2 Å². The monoisotopic (exact) mass is 314 g/mol. The highest BCUT2D eigenvalue weighted by Crippen LogP contribution is 2.12. The lowest BCUT2D eigenvalue weighted by Crippen LogP contribution is -2.33. The van der Waals surface area contributed by atoms with Gasteiger partial charge in [0.05, 0.1) is 9.88 Å².